The van der Waals surface area contributed by atoms with Crippen LogP contribution in [0.3, 0.4) is 0 Å². The fourth-order valence-corrected chi connectivity index (χ4v) is 6.92. The van der Waals surface area contributed by atoms with Crippen molar-refractivity contribution in [2.45, 2.75) is 128 Å². The van der Waals surface area contributed by atoms with Crippen LogP contribution < -0.4 is 26.6 Å². The van der Waals surface area contributed by atoms with Gasteiger partial charge in [-0.05, 0) is 43.6 Å². The molecule has 1 aliphatic heterocycles. The Kier molecular flexibility index (Phi) is 16.0. The molecule has 0 radical (unpaired) electrons. The fraction of sp³-hybridized carbons (Fsp3) is 0.579. The lowest BCUT2D eigenvalue weighted by Crippen LogP contribution is -2.59. The summed E-state index contributed by atoms with van der Waals surface area (Å²) in [5.74, 6) is -5.77. The van der Waals surface area contributed by atoms with Crippen molar-refractivity contribution in [3.05, 3.63) is 54.1 Å². The van der Waals surface area contributed by atoms with Crippen LogP contribution in [0.15, 0.2) is 42.9 Å². The van der Waals surface area contributed by atoms with E-state index in [2.05, 4.69) is 31.6 Å². The number of imidazole rings is 1. The number of fused-ring (bicyclic) bond motifs is 2. The van der Waals surface area contributed by atoms with Crippen LogP contribution in [-0.4, -0.2) is 80.6 Å². The molecule has 1 fully saturated rings. The number of benzene rings is 1. The SMILES string of the molecule is CCCC(NC(=O)[C@@H]1Cc2cn(cn2)CCCCCCCC(=O)N[C@@H](C2CCCCC2)C(=O)N1)C(=O)C(=O)NCC(=O)N[C@H](C(=O)O)c1ccccc1. The molecule has 288 valence electrons. The van der Waals surface area contributed by atoms with Gasteiger partial charge in [-0.1, -0.05) is 82.2 Å². The number of Topliss-reactive ketones (excluding diaryl/α,β-unsaturated/α-hetero) is 1. The number of amides is 5. The molecule has 4 atom stereocenters. The van der Waals surface area contributed by atoms with Crippen molar-refractivity contribution in [2.24, 2.45) is 5.92 Å². The normalized spacial score (nSPS) is 20.4. The zero-order valence-corrected chi connectivity index (χ0v) is 30.4. The first-order valence-corrected chi connectivity index (χ1v) is 18.9. The van der Waals surface area contributed by atoms with E-state index in [1.165, 1.54) is 12.1 Å². The molecule has 5 amide bonds. The van der Waals surface area contributed by atoms with Crippen molar-refractivity contribution in [3.63, 3.8) is 0 Å². The molecule has 1 aliphatic carbocycles. The fourth-order valence-electron chi connectivity index (χ4n) is 6.92. The maximum Gasteiger partial charge on any atom is 0.330 e. The first-order valence-electron chi connectivity index (χ1n) is 18.9. The van der Waals surface area contributed by atoms with Gasteiger partial charge in [0.25, 0.3) is 5.91 Å². The van der Waals surface area contributed by atoms with Gasteiger partial charge < -0.3 is 36.3 Å². The van der Waals surface area contributed by atoms with Crippen LogP contribution in [0.25, 0.3) is 0 Å². The molecule has 2 aromatic rings. The standard InChI is InChI=1S/C38H53N7O8/c1-2-14-28(34(48)37(51)39-22-31(47)44-33(38(52)53)26-17-10-7-11-18-26)41-35(49)29-21-27-23-45(24-40-27)20-13-5-3-4-12-19-30(46)43-32(36(50)42-29)25-15-8-6-9-16-25/h7,10-11,17-18,23-25,28-29,32-33H,2-6,8-9,12-16,19-22H2,1H3,(H,39,51)(H,41,49)(H,42,50)(H,43,46)(H,44,47)(H,52,53)/t28?,29-,32-,33-/m0/s1. The predicted molar refractivity (Wildman–Crippen MR) is 194 cm³/mol. The summed E-state index contributed by atoms with van der Waals surface area (Å²) in [6.45, 7) is 1.82. The Bertz CT molecular complexity index is 1570. The van der Waals surface area contributed by atoms with E-state index in [1.54, 1.807) is 31.5 Å². The van der Waals surface area contributed by atoms with Crippen LogP contribution in [0.1, 0.15) is 108 Å². The number of rotatable bonds is 12. The highest BCUT2D eigenvalue weighted by molar-refractivity contribution is 6.38. The number of ketones is 1. The number of carboxylic acid groups (broad SMARTS) is 1. The van der Waals surface area contributed by atoms with Gasteiger partial charge in [-0.25, -0.2) is 9.78 Å². The van der Waals surface area contributed by atoms with Gasteiger partial charge in [-0.3, -0.25) is 28.8 Å². The first-order chi connectivity index (χ1) is 25.5. The van der Waals surface area contributed by atoms with Crippen molar-refractivity contribution < 1.29 is 38.7 Å². The number of nitrogens with one attached hydrogen (secondary N) is 5. The van der Waals surface area contributed by atoms with Gasteiger partial charge in [0.2, 0.25) is 29.4 Å². The summed E-state index contributed by atoms with van der Waals surface area (Å²) in [7, 11) is 0. The Labute approximate surface area is 309 Å². The lowest BCUT2D eigenvalue weighted by molar-refractivity contribution is -0.142. The summed E-state index contributed by atoms with van der Waals surface area (Å²) in [6.07, 6.45) is 13.3. The Morgan fingerprint density at radius 1 is 0.925 bits per heavy atom. The zero-order valence-electron chi connectivity index (χ0n) is 30.4. The van der Waals surface area contributed by atoms with Crippen molar-refractivity contribution >= 4 is 41.3 Å². The monoisotopic (exact) mass is 735 g/mol. The van der Waals surface area contributed by atoms with Gasteiger partial charge in [-0.15, -0.1) is 0 Å². The minimum Gasteiger partial charge on any atom is -0.479 e. The second-order valence-corrected chi connectivity index (χ2v) is 14.0. The largest absolute Gasteiger partial charge is 0.479 e. The van der Waals surface area contributed by atoms with Crippen LogP contribution in [-0.2, 0) is 46.5 Å². The molecular weight excluding hydrogens is 682 g/mol. The topological polar surface area (TPSA) is 218 Å². The Morgan fingerprint density at radius 3 is 2.34 bits per heavy atom. The number of carbonyl (C=O) groups is 7. The summed E-state index contributed by atoms with van der Waals surface area (Å²) < 4.78 is 1.93. The summed E-state index contributed by atoms with van der Waals surface area (Å²) in [6, 6.07) is 3.35. The quantitative estimate of drug-likeness (QED) is 0.176. The highest BCUT2D eigenvalue weighted by Crippen LogP contribution is 2.27. The third kappa shape index (κ3) is 12.8. The van der Waals surface area contributed by atoms with Gasteiger partial charge in [-0.2, -0.15) is 0 Å². The van der Waals surface area contributed by atoms with Crippen LogP contribution >= 0.6 is 0 Å². The van der Waals surface area contributed by atoms with Crippen LogP contribution in [0.5, 0.6) is 0 Å². The summed E-state index contributed by atoms with van der Waals surface area (Å²) in [4.78, 5) is 96.0. The molecule has 0 saturated heterocycles. The second kappa shape index (κ2) is 20.8. The molecule has 1 saturated carbocycles. The summed E-state index contributed by atoms with van der Waals surface area (Å²) in [5, 5.41) is 22.6. The average Bonchev–Trinajstić information content (AvgIpc) is 3.61. The number of hydrogen-bond acceptors (Lipinski definition) is 8. The molecule has 2 bridgehead atoms. The Morgan fingerprint density at radius 2 is 1.62 bits per heavy atom. The molecule has 15 heteroatoms. The molecule has 2 heterocycles. The lowest BCUT2D eigenvalue weighted by Gasteiger charge is -2.31. The molecule has 15 nitrogen and oxygen atoms in total. The summed E-state index contributed by atoms with van der Waals surface area (Å²) in [5.41, 5.74) is 0.872. The Hall–Kier alpha value is -5.08. The molecule has 4 rings (SSSR count). The third-order valence-electron chi connectivity index (χ3n) is 9.80. The van der Waals surface area contributed by atoms with E-state index in [4.69, 9.17) is 0 Å². The molecule has 2 aliphatic rings. The van der Waals surface area contributed by atoms with E-state index in [9.17, 15) is 38.7 Å². The number of aliphatic carboxylic acids is 1. The minimum absolute atomic E-state index is 0.00146. The van der Waals surface area contributed by atoms with E-state index in [-0.39, 0.29) is 24.7 Å². The van der Waals surface area contributed by atoms with E-state index < -0.39 is 66.1 Å². The maximum absolute atomic E-state index is 14.0. The van der Waals surface area contributed by atoms with Gasteiger partial charge in [0.1, 0.15) is 12.1 Å². The first kappa shape index (κ1) is 40.7. The number of carboxylic acids is 1. The molecular formula is C38H53N7O8. The Balaban J connectivity index is 1.47. The van der Waals surface area contributed by atoms with Crippen molar-refractivity contribution in [3.8, 4) is 0 Å². The highest BCUT2D eigenvalue weighted by atomic mass is 16.4. The van der Waals surface area contributed by atoms with E-state index in [0.717, 1.165) is 64.3 Å². The average molecular weight is 736 g/mol. The zero-order chi connectivity index (χ0) is 38.2. The van der Waals surface area contributed by atoms with Gasteiger partial charge in [0.15, 0.2) is 6.04 Å². The van der Waals surface area contributed by atoms with Gasteiger partial charge >= 0.3 is 5.97 Å². The van der Waals surface area contributed by atoms with Crippen LogP contribution in [0.4, 0.5) is 0 Å². The number of aromatic nitrogens is 2. The minimum atomic E-state index is -1.37. The van der Waals surface area contributed by atoms with Crippen LogP contribution in [0, 0.1) is 5.92 Å². The number of nitrogens with zero attached hydrogens (tertiary/aromatic N) is 2. The predicted octanol–water partition coefficient (Wildman–Crippen LogP) is 2.24. The highest BCUT2D eigenvalue weighted by Gasteiger charge is 2.35. The third-order valence-corrected chi connectivity index (χ3v) is 9.80. The van der Waals surface area contributed by atoms with E-state index in [1.807, 2.05) is 10.8 Å². The van der Waals surface area contributed by atoms with Crippen molar-refractivity contribution in [1.29, 1.82) is 0 Å². The molecule has 1 aromatic carbocycles. The number of aryl methyl sites for hydroxylation is 1. The van der Waals surface area contributed by atoms with Crippen LogP contribution in [0.2, 0.25) is 0 Å². The van der Waals surface area contributed by atoms with E-state index >= 15 is 0 Å². The lowest BCUT2D eigenvalue weighted by atomic mass is 9.83. The molecule has 53 heavy (non-hydrogen) atoms. The number of carbonyl (C=O) groups excluding carboxylic acids is 6. The maximum atomic E-state index is 14.0. The summed E-state index contributed by atoms with van der Waals surface area (Å²) >= 11 is 0. The van der Waals surface area contributed by atoms with Crippen molar-refractivity contribution in [2.75, 3.05) is 6.54 Å². The van der Waals surface area contributed by atoms with Crippen molar-refractivity contribution in [1.82, 2.24) is 36.1 Å². The molecule has 1 aromatic heterocycles. The molecule has 1 unspecified atom stereocenters. The van der Waals surface area contributed by atoms with Gasteiger partial charge in [0.05, 0.1) is 24.6 Å². The molecule has 6 N–H and O–H groups in total. The number of hydrogen-bond donors (Lipinski definition) is 6. The van der Waals surface area contributed by atoms with Gasteiger partial charge in [0, 0.05) is 25.6 Å². The smallest absolute Gasteiger partial charge is 0.330 e. The van der Waals surface area contributed by atoms with E-state index in [0.29, 0.717) is 30.5 Å². The second-order valence-electron chi connectivity index (χ2n) is 14.0. The molecule has 0 spiro atoms.